The molecule has 5 aliphatic carbocycles. The average Bonchev–Trinajstić information content (AvgIpc) is 2.83. The van der Waals surface area contributed by atoms with Crippen molar-refractivity contribution in [1.82, 2.24) is 5.32 Å². The van der Waals surface area contributed by atoms with Gasteiger partial charge in [0.25, 0.3) is 0 Å². The molecule has 0 aliphatic heterocycles. The lowest BCUT2D eigenvalue weighted by molar-refractivity contribution is -0.124. The monoisotopic (exact) mass is 431 g/mol. The topological polar surface area (TPSA) is 29.1 Å². The summed E-state index contributed by atoms with van der Waals surface area (Å²) in [5.41, 5.74) is 2.94. The van der Waals surface area contributed by atoms with Gasteiger partial charge in [0.05, 0.1) is 6.42 Å². The highest BCUT2D eigenvalue weighted by atomic mass is 16.1. The van der Waals surface area contributed by atoms with Crippen molar-refractivity contribution < 1.29 is 4.79 Å². The van der Waals surface area contributed by atoms with E-state index in [1.807, 2.05) is 18.2 Å². The maximum absolute atomic E-state index is 13.1. The third-order valence-electron chi connectivity index (χ3n) is 10.4. The van der Waals surface area contributed by atoms with E-state index in [0.717, 1.165) is 35.2 Å². The molecule has 7 atom stereocenters. The van der Waals surface area contributed by atoms with Crippen LogP contribution in [0.5, 0.6) is 0 Å². The fourth-order valence-corrected chi connectivity index (χ4v) is 9.15. The van der Waals surface area contributed by atoms with Crippen molar-refractivity contribution in [1.29, 1.82) is 0 Å². The molecule has 0 spiro atoms. The molecule has 0 aromatic heterocycles. The van der Waals surface area contributed by atoms with Gasteiger partial charge in [0, 0.05) is 11.5 Å². The van der Waals surface area contributed by atoms with Crippen molar-refractivity contribution in [3.05, 3.63) is 47.5 Å². The third-order valence-corrected chi connectivity index (χ3v) is 10.4. The fraction of sp³-hybridized carbons (Fsp3) is 0.700. The first-order valence-corrected chi connectivity index (χ1v) is 13.8. The maximum atomic E-state index is 13.1. The first kappa shape index (κ1) is 21.0. The van der Waals surface area contributed by atoms with Crippen LogP contribution in [0.1, 0.15) is 89.0 Å². The van der Waals surface area contributed by atoms with E-state index in [2.05, 4.69) is 23.5 Å². The number of carbonyl (C=O) groups excluding carboxylic acids is 1. The molecule has 7 unspecified atom stereocenters. The Kier molecular flexibility index (Phi) is 5.68. The summed E-state index contributed by atoms with van der Waals surface area (Å²) in [6.45, 7) is 0. The molecular weight excluding hydrogens is 390 g/mol. The predicted octanol–water partition coefficient (Wildman–Crippen LogP) is 6.85. The molecule has 32 heavy (non-hydrogen) atoms. The highest BCUT2D eigenvalue weighted by Gasteiger charge is 2.53. The standard InChI is InChI=1S/C30H41NO/c32-29(20-21-8-2-1-3-9-21)31-30-18-7-6-12-28(30)27-16-15-24-23-11-5-4-10-22(23)13-14-25(24)26(27)17-19-30/h1-3,8-9,16,22-26,28H,4-7,10-15,17-20H2,(H,31,32). The van der Waals surface area contributed by atoms with Crippen LogP contribution in [-0.4, -0.2) is 11.4 Å². The first-order chi connectivity index (χ1) is 15.7. The summed E-state index contributed by atoms with van der Waals surface area (Å²) in [5.74, 6) is 5.61. The second kappa shape index (κ2) is 8.65. The molecule has 1 amide bonds. The molecule has 0 heterocycles. The van der Waals surface area contributed by atoms with Crippen LogP contribution >= 0.6 is 0 Å². The van der Waals surface area contributed by atoms with E-state index in [4.69, 9.17) is 0 Å². The van der Waals surface area contributed by atoms with E-state index in [1.165, 1.54) is 83.5 Å². The van der Waals surface area contributed by atoms with E-state index in [9.17, 15) is 4.79 Å². The van der Waals surface area contributed by atoms with Crippen LogP contribution < -0.4 is 5.32 Å². The van der Waals surface area contributed by atoms with Gasteiger partial charge >= 0.3 is 0 Å². The van der Waals surface area contributed by atoms with Crippen molar-refractivity contribution in [2.75, 3.05) is 0 Å². The van der Waals surface area contributed by atoms with E-state index >= 15 is 0 Å². The number of carbonyl (C=O) groups is 1. The van der Waals surface area contributed by atoms with Gasteiger partial charge in [-0.1, -0.05) is 74.1 Å². The smallest absolute Gasteiger partial charge is 0.224 e. The molecule has 2 nitrogen and oxygen atoms in total. The zero-order valence-corrected chi connectivity index (χ0v) is 19.7. The van der Waals surface area contributed by atoms with Crippen molar-refractivity contribution >= 4 is 5.91 Å². The van der Waals surface area contributed by atoms with Gasteiger partial charge in [-0.25, -0.2) is 0 Å². The average molecular weight is 432 g/mol. The Morgan fingerprint density at radius 2 is 1.69 bits per heavy atom. The second-order valence-electron chi connectivity index (χ2n) is 11.9. The summed E-state index contributed by atoms with van der Waals surface area (Å²) in [6.07, 6.45) is 21.1. The molecule has 0 radical (unpaired) electrons. The third kappa shape index (κ3) is 3.66. The molecular formula is C30H41NO. The summed E-state index contributed by atoms with van der Waals surface area (Å²) in [5, 5.41) is 3.65. The quantitative estimate of drug-likeness (QED) is 0.521. The Morgan fingerprint density at radius 3 is 2.59 bits per heavy atom. The van der Waals surface area contributed by atoms with Crippen LogP contribution in [-0.2, 0) is 11.2 Å². The lowest BCUT2D eigenvalue weighted by Crippen LogP contribution is -2.60. The van der Waals surface area contributed by atoms with Gasteiger partial charge < -0.3 is 5.32 Å². The number of benzene rings is 1. The normalized spacial score (nSPS) is 40.7. The highest BCUT2D eigenvalue weighted by Crippen LogP contribution is 2.59. The summed E-state index contributed by atoms with van der Waals surface area (Å²) in [6, 6.07) is 10.3. The molecule has 4 saturated carbocycles. The Bertz CT molecular complexity index is 859. The molecule has 2 heteroatoms. The first-order valence-electron chi connectivity index (χ1n) is 13.8. The van der Waals surface area contributed by atoms with Gasteiger partial charge in [-0.15, -0.1) is 0 Å². The van der Waals surface area contributed by atoms with Crippen molar-refractivity contribution in [3.63, 3.8) is 0 Å². The largest absolute Gasteiger partial charge is 0.350 e. The van der Waals surface area contributed by atoms with Gasteiger partial charge in [-0.05, 0) is 86.5 Å². The fourth-order valence-electron chi connectivity index (χ4n) is 9.15. The molecule has 1 aromatic rings. The highest BCUT2D eigenvalue weighted by molar-refractivity contribution is 5.79. The molecule has 6 rings (SSSR count). The minimum Gasteiger partial charge on any atom is -0.350 e. The van der Waals surface area contributed by atoms with Crippen LogP contribution in [0.15, 0.2) is 42.0 Å². The van der Waals surface area contributed by atoms with E-state index in [-0.39, 0.29) is 11.4 Å². The Balaban J connectivity index is 1.22. The number of amides is 1. The van der Waals surface area contributed by atoms with Crippen molar-refractivity contribution in [2.45, 2.75) is 95.4 Å². The molecule has 1 aromatic carbocycles. The van der Waals surface area contributed by atoms with Crippen LogP contribution in [0.25, 0.3) is 0 Å². The zero-order valence-electron chi connectivity index (χ0n) is 19.7. The summed E-state index contributed by atoms with van der Waals surface area (Å²) in [7, 11) is 0. The Hall–Kier alpha value is -1.57. The Labute approximate surface area is 194 Å². The van der Waals surface area contributed by atoms with E-state index in [0.29, 0.717) is 12.3 Å². The number of hydrogen-bond acceptors (Lipinski definition) is 1. The van der Waals surface area contributed by atoms with Gasteiger partial charge in [-0.2, -0.15) is 0 Å². The lowest BCUT2D eigenvalue weighted by atomic mass is 9.50. The molecule has 172 valence electrons. The molecule has 1 N–H and O–H groups in total. The second-order valence-corrected chi connectivity index (χ2v) is 11.9. The minimum atomic E-state index is 0.0291. The van der Waals surface area contributed by atoms with Crippen molar-refractivity contribution in [3.8, 4) is 0 Å². The van der Waals surface area contributed by atoms with Gasteiger partial charge in [0.1, 0.15) is 0 Å². The molecule has 0 saturated heterocycles. The molecule has 4 fully saturated rings. The van der Waals surface area contributed by atoms with Gasteiger partial charge in [0.2, 0.25) is 5.91 Å². The summed E-state index contributed by atoms with van der Waals surface area (Å²) >= 11 is 0. The number of hydrogen-bond donors (Lipinski definition) is 1. The number of rotatable bonds is 3. The SMILES string of the molecule is O=C(Cc1ccccc1)NC12CCCCC1C1=CCC3C4CCCCC4CCC3C1CC2. The minimum absolute atomic E-state index is 0.0291. The summed E-state index contributed by atoms with van der Waals surface area (Å²) in [4.78, 5) is 13.1. The van der Waals surface area contributed by atoms with Crippen LogP contribution in [0.2, 0.25) is 0 Å². The lowest BCUT2D eigenvalue weighted by Gasteiger charge is -2.57. The van der Waals surface area contributed by atoms with Gasteiger partial charge in [-0.3, -0.25) is 4.79 Å². The molecule has 0 bridgehead atoms. The van der Waals surface area contributed by atoms with Gasteiger partial charge in [0.15, 0.2) is 0 Å². The maximum Gasteiger partial charge on any atom is 0.224 e. The number of fused-ring (bicyclic) bond motifs is 7. The Morgan fingerprint density at radius 1 is 0.844 bits per heavy atom. The molecule has 5 aliphatic rings. The predicted molar refractivity (Wildman–Crippen MR) is 130 cm³/mol. The van der Waals surface area contributed by atoms with Crippen LogP contribution in [0.3, 0.4) is 0 Å². The van der Waals surface area contributed by atoms with E-state index in [1.54, 1.807) is 5.57 Å². The van der Waals surface area contributed by atoms with Crippen molar-refractivity contribution in [2.24, 2.45) is 35.5 Å². The number of nitrogens with one attached hydrogen (secondary N) is 1. The number of allylic oxidation sites excluding steroid dienone is 1. The van der Waals surface area contributed by atoms with E-state index < -0.39 is 0 Å². The van der Waals surface area contributed by atoms with Crippen LogP contribution in [0, 0.1) is 35.5 Å². The zero-order chi connectivity index (χ0) is 21.5. The van der Waals surface area contributed by atoms with Crippen LogP contribution in [0.4, 0.5) is 0 Å². The summed E-state index contributed by atoms with van der Waals surface area (Å²) < 4.78 is 0.